The fourth-order valence-corrected chi connectivity index (χ4v) is 15.2. The smallest absolute Gasteiger partial charge is 0.0542 e. The minimum Gasteiger partial charge on any atom is -0.309 e. The summed E-state index contributed by atoms with van der Waals surface area (Å²) in [4.78, 5) is 0. The van der Waals surface area contributed by atoms with E-state index in [1.54, 1.807) is 0 Å². The van der Waals surface area contributed by atoms with Crippen LogP contribution < -0.4 is 0 Å². The van der Waals surface area contributed by atoms with Gasteiger partial charge in [-0.1, -0.05) is 218 Å². The molecule has 0 saturated carbocycles. The third-order valence-corrected chi connectivity index (χ3v) is 19.6. The number of rotatable bonds is 9. The van der Waals surface area contributed by atoms with E-state index in [0.29, 0.717) is 0 Å². The average molecular weight is 1180 g/mol. The molecule has 0 aliphatic carbocycles. The third-order valence-electron chi connectivity index (χ3n) is 19.6. The van der Waals surface area contributed by atoms with Crippen molar-refractivity contribution in [2.24, 2.45) is 0 Å². The van der Waals surface area contributed by atoms with Crippen LogP contribution in [-0.4, -0.2) is 13.7 Å². The number of hydrogen-bond acceptors (Lipinski definition) is 0. The van der Waals surface area contributed by atoms with Gasteiger partial charge in [-0.25, -0.2) is 0 Å². The van der Waals surface area contributed by atoms with Crippen molar-refractivity contribution < 1.29 is 0 Å². The Morgan fingerprint density at radius 3 is 0.860 bits per heavy atom. The Morgan fingerprint density at radius 2 is 0.387 bits per heavy atom. The maximum atomic E-state index is 2.47. The highest BCUT2D eigenvalue weighted by Crippen LogP contribution is 2.44. The summed E-state index contributed by atoms with van der Waals surface area (Å²) in [6.07, 6.45) is 0. The Labute approximate surface area is 537 Å². The maximum absolute atomic E-state index is 2.47. The van der Waals surface area contributed by atoms with Crippen LogP contribution in [0.15, 0.2) is 346 Å². The van der Waals surface area contributed by atoms with E-state index in [9.17, 15) is 0 Å². The Kier molecular flexibility index (Phi) is 12.0. The molecule has 3 nitrogen and oxygen atoms in total. The van der Waals surface area contributed by atoms with Gasteiger partial charge in [-0.05, 0) is 226 Å². The fourth-order valence-electron chi connectivity index (χ4n) is 15.2. The number of aromatic nitrogens is 3. The average Bonchev–Trinajstić information content (AvgIpc) is 1.69. The molecule has 0 unspecified atom stereocenters. The zero-order chi connectivity index (χ0) is 61.1. The lowest BCUT2D eigenvalue weighted by atomic mass is 9.89. The molecular weight excluding hydrogens is 1120 g/mol. The Morgan fingerprint density at radius 1 is 0.118 bits per heavy atom. The highest BCUT2D eigenvalue weighted by atomic mass is 15.0. The number of benzene rings is 16. The lowest BCUT2D eigenvalue weighted by Crippen LogP contribution is -1.95. The van der Waals surface area contributed by atoms with Crippen LogP contribution >= 0.6 is 0 Å². The Balaban J connectivity index is 0.727. The van der Waals surface area contributed by atoms with Gasteiger partial charge >= 0.3 is 0 Å². The molecule has 19 rings (SSSR count). The van der Waals surface area contributed by atoms with Crippen LogP contribution in [0.3, 0.4) is 0 Å². The summed E-state index contributed by atoms with van der Waals surface area (Å²) in [5.74, 6) is 0. The number of fused-ring (bicyclic) bond motifs is 15. The van der Waals surface area contributed by atoms with Crippen molar-refractivity contribution in [2.75, 3.05) is 0 Å². The molecule has 0 bridgehead atoms. The van der Waals surface area contributed by atoms with E-state index in [-0.39, 0.29) is 0 Å². The molecule has 3 aromatic heterocycles. The lowest BCUT2D eigenvalue weighted by molar-refractivity contribution is 1.17. The third kappa shape index (κ3) is 8.59. The summed E-state index contributed by atoms with van der Waals surface area (Å²) >= 11 is 0. The van der Waals surface area contributed by atoms with Crippen molar-refractivity contribution in [2.45, 2.75) is 0 Å². The van der Waals surface area contributed by atoms with Gasteiger partial charge in [-0.3, -0.25) is 0 Å². The Bertz CT molecular complexity index is 6150. The van der Waals surface area contributed by atoms with Crippen LogP contribution in [0.4, 0.5) is 0 Å². The van der Waals surface area contributed by atoms with Crippen LogP contribution in [0.1, 0.15) is 0 Å². The summed E-state index contributed by atoms with van der Waals surface area (Å²) in [6.45, 7) is 0. The molecule has 0 atom stereocenters. The first kappa shape index (κ1) is 52.6. The molecule has 19 aromatic rings. The first-order valence-electron chi connectivity index (χ1n) is 32.1. The van der Waals surface area contributed by atoms with Gasteiger partial charge in [-0.15, -0.1) is 0 Å². The maximum Gasteiger partial charge on any atom is 0.0542 e. The van der Waals surface area contributed by atoms with E-state index < -0.39 is 0 Å². The van der Waals surface area contributed by atoms with Gasteiger partial charge in [0, 0.05) is 49.4 Å². The molecule has 16 aromatic carbocycles. The minimum atomic E-state index is 1.12. The monoisotopic (exact) mass is 1180 g/mol. The quantitative estimate of drug-likeness (QED) is 0.128. The normalized spacial score (nSPS) is 11.9. The second-order valence-electron chi connectivity index (χ2n) is 24.8. The van der Waals surface area contributed by atoms with Crippen molar-refractivity contribution in [3.05, 3.63) is 346 Å². The number of para-hydroxylation sites is 4. The van der Waals surface area contributed by atoms with Crippen molar-refractivity contribution in [1.29, 1.82) is 0 Å². The summed E-state index contributed by atoms with van der Waals surface area (Å²) < 4.78 is 7.28. The van der Waals surface area contributed by atoms with E-state index in [1.165, 1.54) is 164 Å². The van der Waals surface area contributed by atoms with E-state index in [2.05, 4.69) is 359 Å². The van der Waals surface area contributed by atoms with E-state index in [4.69, 9.17) is 0 Å². The zero-order valence-electron chi connectivity index (χ0n) is 50.8. The van der Waals surface area contributed by atoms with Crippen LogP contribution in [0.5, 0.6) is 0 Å². The second-order valence-corrected chi connectivity index (χ2v) is 24.8. The van der Waals surface area contributed by atoms with Gasteiger partial charge in [0.25, 0.3) is 0 Å². The first-order chi connectivity index (χ1) is 46.1. The molecule has 432 valence electrons. The largest absolute Gasteiger partial charge is 0.309 e. The van der Waals surface area contributed by atoms with E-state index in [1.807, 2.05) is 0 Å². The molecule has 93 heavy (non-hydrogen) atoms. The molecule has 0 aliphatic rings. The molecule has 0 N–H and O–H groups in total. The molecular formula is C90H57N3. The van der Waals surface area contributed by atoms with Crippen molar-refractivity contribution in [1.82, 2.24) is 13.7 Å². The molecule has 0 saturated heterocycles. The van der Waals surface area contributed by atoms with Gasteiger partial charge in [-0.2, -0.15) is 0 Å². The molecule has 0 spiro atoms. The fraction of sp³-hybridized carbons (Fsp3) is 0. The van der Waals surface area contributed by atoms with E-state index >= 15 is 0 Å². The van der Waals surface area contributed by atoms with E-state index in [0.717, 1.165) is 17.1 Å². The van der Waals surface area contributed by atoms with Crippen LogP contribution in [0.2, 0.25) is 0 Å². The number of nitrogens with zero attached hydrogens (tertiary/aromatic N) is 3. The predicted octanol–water partition coefficient (Wildman–Crippen LogP) is 24.4. The van der Waals surface area contributed by atoms with Crippen molar-refractivity contribution >= 4 is 97.7 Å². The standard InChI is InChI=1S/C90H57N3/c1-5-20-58(21-6-1)67-49-68(59-22-7-2-8-23-59)51-69(50-67)61-25-19-24-60(48-61)62-37-43-76-79(52-62)74-31-14-13-30-73(74)75-42-36-63(53-80(75)76)66-40-46-89-83(56-66)84-57-72(41-47-90(84)92(89)71-28-11-4-12-29-71)93-86-35-18-16-33-78(86)82-55-65(39-45-88(82)93)64-38-44-87-81(54-64)77-32-15-17-34-85(77)91(87)70-26-9-3-10-27-70/h1-57H. The molecule has 0 amide bonds. The summed E-state index contributed by atoms with van der Waals surface area (Å²) in [5.41, 5.74) is 24.8. The second kappa shape index (κ2) is 21.2. The SMILES string of the molecule is c1ccc(-c2cc(-c3ccccc3)cc(-c3cccc(-c4ccc5c(c4)c4ccccc4c4ccc(-c6ccc7c(c6)c6cc(-n8c9ccccc9c9cc(-c%10ccc%11c(c%10)c%10ccccc%10n%11-c%10ccccc%10)ccc98)ccc6n7-c6ccccc6)cc45)c3)c2)cc1. The zero-order valence-corrected chi connectivity index (χ0v) is 50.8. The predicted molar refractivity (Wildman–Crippen MR) is 395 cm³/mol. The Hall–Kier alpha value is -12.3. The van der Waals surface area contributed by atoms with Gasteiger partial charge in [0.15, 0.2) is 0 Å². The molecule has 0 radical (unpaired) electrons. The van der Waals surface area contributed by atoms with Gasteiger partial charge in [0.05, 0.1) is 33.1 Å². The van der Waals surface area contributed by atoms with Crippen molar-refractivity contribution in [3.8, 4) is 83.8 Å². The molecule has 3 heterocycles. The lowest BCUT2D eigenvalue weighted by Gasteiger charge is -2.15. The summed E-state index contributed by atoms with van der Waals surface area (Å²) in [6, 6.07) is 128. The summed E-state index contributed by atoms with van der Waals surface area (Å²) in [5, 5.41) is 14.9. The van der Waals surface area contributed by atoms with Crippen molar-refractivity contribution in [3.63, 3.8) is 0 Å². The molecule has 0 fully saturated rings. The van der Waals surface area contributed by atoms with Crippen LogP contribution in [0.25, 0.3) is 182 Å². The van der Waals surface area contributed by atoms with Gasteiger partial charge < -0.3 is 13.7 Å². The molecule has 0 aliphatic heterocycles. The highest BCUT2D eigenvalue weighted by molar-refractivity contribution is 6.26. The highest BCUT2D eigenvalue weighted by Gasteiger charge is 2.21. The summed E-state index contributed by atoms with van der Waals surface area (Å²) in [7, 11) is 0. The first-order valence-corrected chi connectivity index (χ1v) is 32.1. The van der Waals surface area contributed by atoms with Gasteiger partial charge in [0.1, 0.15) is 0 Å². The van der Waals surface area contributed by atoms with Crippen LogP contribution in [-0.2, 0) is 0 Å². The topological polar surface area (TPSA) is 14.8 Å². The number of hydrogen-bond donors (Lipinski definition) is 0. The minimum absolute atomic E-state index is 1.12. The molecule has 3 heteroatoms. The van der Waals surface area contributed by atoms with Crippen LogP contribution in [0, 0.1) is 0 Å². The van der Waals surface area contributed by atoms with Gasteiger partial charge in [0.2, 0.25) is 0 Å².